The number of ether oxygens (including phenoxy) is 1. The Morgan fingerprint density at radius 1 is 1.23 bits per heavy atom. The molecule has 80 valence electrons. The quantitative estimate of drug-likeness (QED) is 0.593. The van der Waals surface area contributed by atoms with E-state index in [0.717, 1.165) is 38.4 Å². The second-order valence-corrected chi connectivity index (χ2v) is 4.16. The van der Waals surface area contributed by atoms with Crippen LogP contribution in [0, 0.1) is 5.92 Å². The highest BCUT2D eigenvalue weighted by molar-refractivity contribution is 4.57. The normalized spacial score (nSPS) is 13.6. The van der Waals surface area contributed by atoms with Gasteiger partial charge in [-0.05, 0) is 25.2 Å². The van der Waals surface area contributed by atoms with E-state index in [-0.39, 0.29) is 6.04 Å². The standard InChI is InChI=1S/C11H25NO/c1-4-6-11(12)9-13-8-5-7-10(2)3/h10-11H,4-9,12H2,1-3H3. The SMILES string of the molecule is CCCC(N)COCCCC(C)C. The molecular formula is C11H25NO. The molecule has 0 heterocycles. The van der Waals surface area contributed by atoms with E-state index in [1.54, 1.807) is 0 Å². The third-order valence-electron chi connectivity index (χ3n) is 2.06. The van der Waals surface area contributed by atoms with Crippen LogP contribution >= 0.6 is 0 Å². The first-order valence-corrected chi connectivity index (χ1v) is 5.50. The van der Waals surface area contributed by atoms with Crippen LogP contribution < -0.4 is 5.73 Å². The Labute approximate surface area is 82.8 Å². The van der Waals surface area contributed by atoms with Gasteiger partial charge in [0.2, 0.25) is 0 Å². The van der Waals surface area contributed by atoms with Crippen molar-refractivity contribution in [3.63, 3.8) is 0 Å². The molecule has 2 heteroatoms. The minimum absolute atomic E-state index is 0.240. The molecule has 1 atom stereocenters. The molecule has 0 aliphatic carbocycles. The van der Waals surface area contributed by atoms with Gasteiger partial charge in [-0.2, -0.15) is 0 Å². The average molecular weight is 187 g/mol. The summed E-state index contributed by atoms with van der Waals surface area (Å²) in [5.41, 5.74) is 5.80. The maximum atomic E-state index is 5.80. The summed E-state index contributed by atoms with van der Waals surface area (Å²) >= 11 is 0. The number of hydrogen-bond acceptors (Lipinski definition) is 2. The molecule has 2 nitrogen and oxygen atoms in total. The zero-order chi connectivity index (χ0) is 10.1. The van der Waals surface area contributed by atoms with Crippen molar-refractivity contribution in [1.29, 1.82) is 0 Å². The minimum atomic E-state index is 0.240. The van der Waals surface area contributed by atoms with E-state index < -0.39 is 0 Å². The first-order valence-electron chi connectivity index (χ1n) is 5.50. The molecule has 0 saturated heterocycles. The van der Waals surface area contributed by atoms with Crippen molar-refractivity contribution in [3.8, 4) is 0 Å². The van der Waals surface area contributed by atoms with Crippen LogP contribution in [-0.2, 0) is 4.74 Å². The molecule has 0 radical (unpaired) electrons. The van der Waals surface area contributed by atoms with Gasteiger partial charge in [0.25, 0.3) is 0 Å². The van der Waals surface area contributed by atoms with Crippen LogP contribution in [0.3, 0.4) is 0 Å². The molecule has 0 amide bonds. The number of rotatable bonds is 8. The molecule has 0 spiro atoms. The fourth-order valence-electron chi connectivity index (χ4n) is 1.28. The summed E-state index contributed by atoms with van der Waals surface area (Å²) in [5, 5.41) is 0. The van der Waals surface area contributed by atoms with Crippen molar-refractivity contribution in [2.75, 3.05) is 13.2 Å². The molecule has 0 aromatic carbocycles. The molecule has 0 aliphatic heterocycles. The van der Waals surface area contributed by atoms with Gasteiger partial charge in [-0.1, -0.05) is 27.2 Å². The lowest BCUT2D eigenvalue weighted by molar-refractivity contribution is 0.113. The van der Waals surface area contributed by atoms with Gasteiger partial charge in [0.05, 0.1) is 6.61 Å². The van der Waals surface area contributed by atoms with Gasteiger partial charge in [-0.3, -0.25) is 0 Å². The fraction of sp³-hybridized carbons (Fsp3) is 1.00. The monoisotopic (exact) mass is 187 g/mol. The Kier molecular flexibility index (Phi) is 8.46. The summed E-state index contributed by atoms with van der Waals surface area (Å²) in [4.78, 5) is 0. The smallest absolute Gasteiger partial charge is 0.0617 e. The summed E-state index contributed by atoms with van der Waals surface area (Å²) in [6, 6.07) is 0.240. The predicted octanol–water partition coefficient (Wildman–Crippen LogP) is 2.57. The molecule has 1 unspecified atom stereocenters. The Hall–Kier alpha value is -0.0800. The molecule has 0 bridgehead atoms. The highest BCUT2D eigenvalue weighted by Crippen LogP contribution is 2.03. The zero-order valence-electron chi connectivity index (χ0n) is 9.38. The Bertz CT molecular complexity index is 104. The summed E-state index contributed by atoms with van der Waals surface area (Å²) in [7, 11) is 0. The maximum absolute atomic E-state index is 5.80. The van der Waals surface area contributed by atoms with E-state index in [1.807, 2.05) is 0 Å². The molecule has 0 rings (SSSR count). The highest BCUT2D eigenvalue weighted by atomic mass is 16.5. The van der Waals surface area contributed by atoms with Crippen LogP contribution in [0.5, 0.6) is 0 Å². The summed E-state index contributed by atoms with van der Waals surface area (Å²) in [6.45, 7) is 8.23. The van der Waals surface area contributed by atoms with Gasteiger partial charge < -0.3 is 10.5 Å². The van der Waals surface area contributed by atoms with E-state index in [1.165, 1.54) is 6.42 Å². The second kappa shape index (κ2) is 8.52. The van der Waals surface area contributed by atoms with E-state index in [4.69, 9.17) is 10.5 Å². The third-order valence-corrected chi connectivity index (χ3v) is 2.06. The molecule has 0 aromatic rings. The van der Waals surface area contributed by atoms with E-state index in [2.05, 4.69) is 20.8 Å². The lowest BCUT2D eigenvalue weighted by Crippen LogP contribution is -2.26. The molecular weight excluding hydrogens is 162 g/mol. The molecule has 0 aromatic heterocycles. The molecule has 0 saturated carbocycles. The van der Waals surface area contributed by atoms with Gasteiger partial charge in [0.15, 0.2) is 0 Å². The Morgan fingerprint density at radius 3 is 2.46 bits per heavy atom. The number of nitrogens with two attached hydrogens (primary N) is 1. The largest absolute Gasteiger partial charge is 0.380 e. The van der Waals surface area contributed by atoms with Crippen molar-refractivity contribution in [2.45, 2.75) is 52.5 Å². The fourth-order valence-corrected chi connectivity index (χ4v) is 1.28. The third kappa shape index (κ3) is 9.84. The van der Waals surface area contributed by atoms with E-state index in [0.29, 0.717) is 0 Å². The van der Waals surface area contributed by atoms with Gasteiger partial charge >= 0.3 is 0 Å². The average Bonchev–Trinajstić information content (AvgIpc) is 2.03. The van der Waals surface area contributed by atoms with Crippen LogP contribution in [0.25, 0.3) is 0 Å². The molecule has 0 fully saturated rings. The van der Waals surface area contributed by atoms with E-state index in [9.17, 15) is 0 Å². The van der Waals surface area contributed by atoms with Crippen LogP contribution in [-0.4, -0.2) is 19.3 Å². The summed E-state index contributed by atoms with van der Waals surface area (Å²) in [6.07, 6.45) is 4.64. The summed E-state index contributed by atoms with van der Waals surface area (Å²) in [5.74, 6) is 0.785. The summed E-state index contributed by atoms with van der Waals surface area (Å²) < 4.78 is 5.47. The van der Waals surface area contributed by atoms with Gasteiger partial charge in [-0.25, -0.2) is 0 Å². The molecule has 13 heavy (non-hydrogen) atoms. The predicted molar refractivity (Wildman–Crippen MR) is 57.8 cm³/mol. The van der Waals surface area contributed by atoms with Gasteiger partial charge in [0.1, 0.15) is 0 Å². The van der Waals surface area contributed by atoms with Crippen LogP contribution in [0.2, 0.25) is 0 Å². The van der Waals surface area contributed by atoms with Crippen LogP contribution in [0.4, 0.5) is 0 Å². The lowest BCUT2D eigenvalue weighted by Gasteiger charge is -2.11. The van der Waals surface area contributed by atoms with Crippen molar-refractivity contribution < 1.29 is 4.74 Å². The molecule has 2 N–H and O–H groups in total. The Balaban J connectivity index is 3.06. The van der Waals surface area contributed by atoms with Crippen molar-refractivity contribution >= 4 is 0 Å². The van der Waals surface area contributed by atoms with Crippen molar-refractivity contribution in [2.24, 2.45) is 11.7 Å². The van der Waals surface area contributed by atoms with Gasteiger partial charge in [0, 0.05) is 12.6 Å². The first kappa shape index (κ1) is 12.9. The van der Waals surface area contributed by atoms with Crippen LogP contribution in [0.15, 0.2) is 0 Å². The number of hydrogen-bond donors (Lipinski definition) is 1. The van der Waals surface area contributed by atoms with Crippen LogP contribution in [0.1, 0.15) is 46.5 Å². The highest BCUT2D eigenvalue weighted by Gasteiger charge is 2.00. The topological polar surface area (TPSA) is 35.2 Å². The van der Waals surface area contributed by atoms with Gasteiger partial charge in [-0.15, -0.1) is 0 Å². The second-order valence-electron chi connectivity index (χ2n) is 4.16. The first-order chi connectivity index (χ1) is 6.16. The zero-order valence-corrected chi connectivity index (χ0v) is 9.38. The maximum Gasteiger partial charge on any atom is 0.0617 e. The van der Waals surface area contributed by atoms with Crippen molar-refractivity contribution in [1.82, 2.24) is 0 Å². The van der Waals surface area contributed by atoms with Crippen molar-refractivity contribution in [3.05, 3.63) is 0 Å². The minimum Gasteiger partial charge on any atom is -0.380 e. The van der Waals surface area contributed by atoms with E-state index >= 15 is 0 Å². The Morgan fingerprint density at radius 2 is 1.92 bits per heavy atom. The molecule has 0 aliphatic rings. The lowest BCUT2D eigenvalue weighted by atomic mass is 10.1.